The summed E-state index contributed by atoms with van der Waals surface area (Å²) in [6.45, 7) is 1.03. The third kappa shape index (κ3) is 5.88. The summed E-state index contributed by atoms with van der Waals surface area (Å²) >= 11 is 0. The van der Waals surface area contributed by atoms with Gasteiger partial charge in [-0.15, -0.1) is 0 Å². The van der Waals surface area contributed by atoms with Gasteiger partial charge < -0.3 is 20.7 Å². The SMILES string of the molecule is CN=C(NCCOc1ccc2c(c1)CCC(=O)N2)NCc1cccc(C(F)(F)F)c1. The molecule has 2 aromatic carbocycles. The van der Waals surface area contributed by atoms with E-state index in [1.807, 2.05) is 12.1 Å². The van der Waals surface area contributed by atoms with Gasteiger partial charge in [-0.3, -0.25) is 9.79 Å². The Morgan fingerprint density at radius 1 is 1.17 bits per heavy atom. The molecular weight excluding hydrogens is 397 g/mol. The number of nitrogens with one attached hydrogen (secondary N) is 3. The monoisotopic (exact) mass is 420 g/mol. The number of carbonyl (C=O) groups excluding carboxylic acids is 1. The Morgan fingerprint density at radius 2 is 2.00 bits per heavy atom. The minimum Gasteiger partial charge on any atom is -0.492 e. The van der Waals surface area contributed by atoms with Crippen LogP contribution in [0.25, 0.3) is 0 Å². The van der Waals surface area contributed by atoms with Gasteiger partial charge in [-0.05, 0) is 47.9 Å². The molecule has 0 saturated heterocycles. The molecule has 0 bridgehead atoms. The van der Waals surface area contributed by atoms with Crippen molar-refractivity contribution >= 4 is 17.6 Å². The Kier molecular flexibility index (Phi) is 6.81. The minimum atomic E-state index is -4.37. The molecule has 0 unspecified atom stereocenters. The number of rotatable bonds is 6. The molecule has 0 radical (unpaired) electrons. The molecule has 9 heteroatoms. The smallest absolute Gasteiger partial charge is 0.416 e. The van der Waals surface area contributed by atoms with Gasteiger partial charge in [0.05, 0.1) is 12.1 Å². The second-order valence-corrected chi connectivity index (χ2v) is 6.77. The van der Waals surface area contributed by atoms with E-state index in [1.54, 1.807) is 19.2 Å². The zero-order valence-corrected chi connectivity index (χ0v) is 16.5. The molecule has 3 N–H and O–H groups in total. The van der Waals surface area contributed by atoms with Crippen molar-refractivity contribution in [1.29, 1.82) is 0 Å². The summed E-state index contributed by atoms with van der Waals surface area (Å²) in [7, 11) is 1.58. The molecule has 160 valence electrons. The summed E-state index contributed by atoms with van der Waals surface area (Å²) in [5.74, 6) is 1.19. The van der Waals surface area contributed by atoms with E-state index in [1.165, 1.54) is 6.07 Å². The van der Waals surface area contributed by atoms with Crippen LogP contribution in [0.5, 0.6) is 5.75 Å². The largest absolute Gasteiger partial charge is 0.492 e. The van der Waals surface area contributed by atoms with Gasteiger partial charge in [0, 0.05) is 25.7 Å². The number of guanidine groups is 1. The fraction of sp³-hybridized carbons (Fsp3) is 0.333. The van der Waals surface area contributed by atoms with Crippen LogP contribution >= 0.6 is 0 Å². The van der Waals surface area contributed by atoms with Crippen LogP contribution in [-0.4, -0.2) is 32.1 Å². The van der Waals surface area contributed by atoms with Crippen molar-refractivity contribution in [2.45, 2.75) is 25.6 Å². The highest BCUT2D eigenvalue weighted by Gasteiger charge is 2.30. The maximum Gasteiger partial charge on any atom is 0.416 e. The lowest BCUT2D eigenvalue weighted by Crippen LogP contribution is -2.38. The maximum absolute atomic E-state index is 12.8. The van der Waals surface area contributed by atoms with Crippen LogP contribution < -0.4 is 20.7 Å². The van der Waals surface area contributed by atoms with Crippen LogP contribution in [-0.2, 0) is 23.9 Å². The number of ether oxygens (including phenoxy) is 1. The van der Waals surface area contributed by atoms with Crippen molar-refractivity contribution in [1.82, 2.24) is 10.6 Å². The van der Waals surface area contributed by atoms with Gasteiger partial charge in [-0.2, -0.15) is 13.2 Å². The Bertz CT molecular complexity index is 929. The number of benzene rings is 2. The molecule has 0 aromatic heterocycles. The zero-order chi connectivity index (χ0) is 21.6. The van der Waals surface area contributed by atoms with E-state index in [9.17, 15) is 18.0 Å². The van der Waals surface area contributed by atoms with Crippen LogP contribution in [0.4, 0.5) is 18.9 Å². The van der Waals surface area contributed by atoms with Crippen LogP contribution in [0, 0.1) is 0 Å². The quantitative estimate of drug-likeness (QED) is 0.381. The summed E-state index contributed by atoms with van der Waals surface area (Å²) in [5, 5.41) is 8.86. The molecule has 0 fully saturated rings. The van der Waals surface area contributed by atoms with Crippen LogP contribution in [0.15, 0.2) is 47.5 Å². The van der Waals surface area contributed by atoms with Crippen molar-refractivity contribution in [3.05, 3.63) is 59.2 Å². The second kappa shape index (κ2) is 9.51. The predicted octanol–water partition coefficient (Wildman–Crippen LogP) is 3.33. The molecule has 6 nitrogen and oxygen atoms in total. The third-order valence-electron chi connectivity index (χ3n) is 4.57. The van der Waals surface area contributed by atoms with E-state index in [0.29, 0.717) is 43.3 Å². The van der Waals surface area contributed by atoms with Crippen molar-refractivity contribution in [2.24, 2.45) is 4.99 Å². The summed E-state index contributed by atoms with van der Waals surface area (Å²) in [4.78, 5) is 15.5. The van der Waals surface area contributed by atoms with Crippen LogP contribution in [0.1, 0.15) is 23.1 Å². The summed E-state index contributed by atoms with van der Waals surface area (Å²) in [6.07, 6.45) is -3.22. The number of halogens is 3. The summed E-state index contributed by atoms with van der Waals surface area (Å²) < 4.78 is 44.1. The number of aliphatic imine (C=N–C) groups is 1. The van der Waals surface area contributed by atoms with E-state index in [4.69, 9.17) is 4.74 Å². The Balaban J connectivity index is 1.44. The van der Waals surface area contributed by atoms with Gasteiger partial charge in [0.25, 0.3) is 0 Å². The highest BCUT2D eigenvalue weighted by Crippen LogP contribution is 2.29. The van der Waals surface area contributed by atoms with Gasteiger partial charge >= 0.3 is 6.18 Å². The molecular formula is C21H23F3N4O2. The van der Waals surface area contributed by atoms with E-state index in [0.717, 1.165) is 23.4 Å². The Labute approximate surface area is 172 Å². The number of amides is 1. The first-order chi connectivity index (χ1) is 14.3. The molecule has 30 heavy (non-hydrogen) atoms. The molecule has 0 atom stereocenters. The number of alkyl halides is 3. The Morgan fingerprint density at radius 3 is 2.77 bits per heavy atom. The Hall–Kier alpha value is -3.23. The number of aryl methyl sites for hydroxylation is 1. The highest BCUT2D eigenvalue weighted by atomic mass is 19.4. The third-order valence-corrected chi connectivity index (χ3v) is 4.57. The lowest BCUT2D eigenvalue weighted by atomic mass is 10.0. The lowest BCUT2D eigenvalue weighted by Gasteiger charge is -2.18. The maximum atomic E-state index is 12.8. The molecule has 1 aliphatic heterocycles. The van der Waals surface area contributed by atoms with Crippen molar-refractivity contribution in [3.63, 3.8) is 0 Å². The molecule has 2 aromatic rings. The molecule has 1 aliphatic rings. The normalized spacial score (nSPS) is 14.0. The fourth-order valence-corrected chi connectivity index (χ4v) is 3.05. The highest BCUT2D eigenvalue weighted by molar-refractivity contribution is 5.94. The first kappa shape index (κ1) is 21.5. The second-order valence-electron chi connectivity index (χ2n) is 6.77. The number of fused-ring (bicyclic) bond motifs is 1. The summed E-state index contributed by atoms with van der Waals surface area (Å²) in [5.41, 5.74) is 1.68. The number of carbonyl (C=O) groups is 1. The topological polar surface area (TPSA) is 74.8 Å². The number of nitrogens with zero attached hydrogens (tertiary/aromatic N) is 1. The van der Waals surface area contributed by atoms with Crippen LogP contribution in [0.3, 0.4) is 0 Å². The van der Waals surface area contributed by atoms with Crippen LogP contribution in [0.2, 0.25) is 0 Å². The molecule has 0 aliphatic carbocycles. The molecule has 3 rings (SSSR count). The fourth-order valence-electron chi connectivity index (χ4n) is 3.05. The molecule has 1 heterocycles. The average Bonchev–Trinajstić information content (AvgIpc) is 2.73. The molecule has 1 amide bonds. The van der Waals surface area contributed by atoms with E-state index in [-0.39, 0.29) is 12.5 Å². The van der Waals surface area contributed by atoms with Crippen molar-refractivity contribution < 1.29 is 22.7 Å². The van der Waals surface area contributed by atoms with Gasteiger partial charge in [-0.1, -0.05) is 12.1 Å². The average molecular weight is 420 g/mol. The van der Waals surface area contributed by atoms with E-state index >= 15 is 0 Å². The number of anilines is 1. The summed E-state index contributed by atoms with van der Waals surface area (Å²) in [6, 6.07) is 10.7. The minimum absolute atomic E-state index is 0.0179. The van der Waals surface area contributed by atoms with Gasteiger partial charge in [0.1, 0.15) is 12.4 Å². The lowest BCUT2D eigenvalue weighted by molar-refractivity contribution is -0.137. The number of hydrogen-bond donors (Lipinski definition) is 3. The standard InChI is InChI=1S/C21H23F3N4O2/c1-25-20(27-13-14-3-2-4-16(11-14)21(22,23)24)26-9-10-30-17-6-7-18-15(12-17)5-8-19(29)28-18/h2-4,6-7,11-12H,5,8-10,13H2,1H3,(H,28,29)(H2,25,26,27). The van der Waals surface area contributed by atoms with Gasteiger partial charge in [0.15, 0.2) is 5.96 Å². The molecule has 0 spiro atoms. The van der Waals surface area contributed by atoms with Gasteiger partial charge in [0.2, 0.25) is 5.91 Å². The van der Waals surface area contributed by atoms with E-state index in [2.05, 4.69) is 20.9 Å². The van der Waals surface area contributed by atoms with Crippen molar-refractivity contribution in [2.75, 3.05) is 25.5 Å². The van der Waals surface area contributed by atoms with Crippen molar-refractivity contribution in [3.8, 4) is 5.75 Å². The first-order valence-corrected chi connectivity index (χ1v) is 9.51. The van der Waals surface area contributed by atoms with Gasteiger partial charge in [-0.25, -0.2) is 0 Å². The number of hydrogen-bond acceptors (Lipinski definition) is 3. The zero-order valence-electron chi connectivity index (χ0n) is 16.5. The molecule has 0 saturated carbocycles. The predicted molar refractivity (Wildman–Crippen MR) is 109 cm³/mol. The first-order valence-electron chi connectivity index (χ1n) is 9.51. The van der Waals surface area contributed by atoms with E-state index < -0.39 is 11.7 Å².